The minimum Gasteiger partial charge on any atom is -0.461 e. The normalized spacial score (nSPS) is 15.1. The Morgan fingerprint density at radius 2 is 2.18 bits per heavy atom. The average Bonchev–Trinajstić information content (AvgIpc) is 2.68. The fourth-order valence-corrected chi connectivity index (χ4v) is 2.38. The van der Waals surface area contributed by atoms with Crippen LogP contribution in [0.1, 0.15) is 41.4 Å². The van der Waals surface area contributed by atoms with Gasteiger partial charge < -0.3 is 9.72 Å². The van der Waals surface area contributed by atoms with Crippen molar-refractivity contribution >= 4 is 16.9 Å². The van der Waals surface area contributed by atoms with E-state index in [1.165, 1.54) is 10.9 Å². The van der Waals surface area contributed by atoms with Crippen LogP contribution >= 0.6 is 0 Å². The van der Waals surface area contributed by atoms with E-state index >= 15 is 0 Å². The summed E-state index contributed by atoms with van der Waals surface area (Å²) in [6.45, 7) is 4.84. The van der Waals surface area contributed by atoms with Gasteiger partial charge in [-0.2, -0.15) is 0 Å². The van der Waals surface area contributed by atoms with Crippen LogP contribution in [0.3, 0.4) is 0 Å². The highest BCUT2D eigenvalue weighted by Gasteiger charge is 2.23. The van der Waals surface area contributed by atoms with Crippen molar-refractivity contribution < 1.29 is 9.53 Å². The molecular weight excluding hydrogens is 214 g/mol. The molecule has 1 N–H and O–H groups in total. The number of nitrogens with one attached hydrogen (secondary N) is 1. The van der Waals surface area contributed by atoms with Crippen LogP contribution in [0.4, 0.5) is 0 Å². The summed E-state index contributed by atoms with van der Waals surface area (Å²) in [7, 11) is 0. The Bertz CT molecular complexity index is 596. The maximum Gasteiger partial charge on any atom is 0.355 e. The van der Waals surface area contributed by atoms with Crippen LogP contribution in [0, 0.1) is 0 Å². The van der Waals surface area contributed by atoms with E-state index in [4.69, 9.17) is 4.74 Å². The quantitative estimate of drug-likeness (QED) is 0.764. The smallest absolute Gasteiger partial charge is 0.355 e. The number of aromatic nitrogens is 1. The molecule has 0 amide bonds. The highest BCUT2D eigenvalue weighted by Crippen LogP contribution is 2.29. The molecule has 1 aliphatic heterocycles. The van der Waals surface area contributed by atoms with Crippen LogP contribution in [0.25, 0.3) is 10.9 Å². The lowest BCUT2D eigenvalue weighted by Crippen LogP contribution is -2.16. The first kappa shape index (κ1) is 10.4. The number of ether oxygens (including phenoxy) is 1. The second kappa shape index (κ2) is 3.62. The van der Waals surface area contributed by atoms with Gasteiger partial charge in [-0.1, -0.05) is 19.9 Å². The predicted molar refractivity (Wildman–Crippen MR) is 66.4 cm³/mol. The van der Waals surface area contributed by atoms with Crippen LogP contribution in [-0.4, -0.2) is 17.6 Å². The second-order valence-electron chi connectivity index (χ2n) is 4.82. The topological polar surface area (TPSA) is 42.1 Å². The average molecular weight is 229 g/mol. The van der Waals surface area contributed by atoms with E-state index in [9.17, 15) is 4.79 Å². The van der Waals surface area contributed by atoms with E-state index in [0.29, 0.717) is 18.2 Å². The Labute approximate surface area is 99.8 Å². The second-order valence-corrected chi connectivity index (χ2v) is 4.82. The molecule has 0 saturated carbocycles. The van der Waals surface area contributed by atoms with Gasteiger partial charge >= 0.3 is 5.97 Å². The minimum absolute atomic E-state index is 0.228. The van der Waals surface area contributed by atoms with Gasteiger partial charge in [-0.3, -0.25) is 0 Å². The zero-order chi connectivity index (χ0) is 12.0. The highest BCUT2D eigenvalue weighted by molar-refractivity contribution is 5.99. The van der Waals surface area contributed by atoms with E-state index in [2.05, 4.69) is 37.0 Å². The van der Waals surface area contributed by atoms with Crippen molar-refractivity contribution in [1.82, 2.24) is 4.98 Å². The lowest BCUT2D eigenvalue weighted by atomic mass is 9.99. The highest BCUT2D eigenvalue weighted by atomic mass is 16.5. The van der Waals surface area contributed by atoms with Gasteiger partial charge in [-0.25, -0.2) is 4.79 Å². The molecule has 1 aromatic heterocycles. The van der Waals surface area contributed by atoms with E-state index < -0.39 is 0 Å². The van der Waals surface area contributed by atoms with Gasteiger partial charge in [-0.05, 0) is 29.2 Å². The first-order valence-corrected chi connectivity index (χ1v) is 5.98. The zero-order valence-electron chi connectivity index (χ0n) is 10.0. The molecule has 0 radical (unpaired) electrons. The number of aromatic amines is 1. The SMILES string of the molecule is CC(C)c1ccc2[nH]c3c(c2c1)CCOC3=O. The first-order chi connectivity index (χ1) is 8.16. The van der Waals surface area contributed by atoms with E-state index in [0.717, 1.165) is 17.5 Å². The molecule has 1 aliphatic rings. The predicted octanol–water partition coefficient (Wildman–Crippen LogP) is 3.00. The maximum absolute atomic E-state index is 11.6. The molecule has 0 spiro atoms. The Hall–Kier alpha value is -1.77. The summed E-state index contributed by atoms with van der Waals surface area (Å²) in [5.41, 5.74) is 4.07. The minimum atomic E-state index is -0.228. The molecule has 0 saturated heterocycles. The van der Waals surface area contributed by atoms with Gasteiger partial charge in [0.25, 0.3) is 0 Å². The van der Waals surface area contributed by atoms with Gasteiger partial charge in [0, 0.05) is 17.3 Å². The van der Waals surface area contributed by atoms with E-state index in [1.54, 1.807) is 0 Å². The molecule has 88 valence electrons. The summed E-state index contributed by atoms with van der Waals surface area (Å²) < 4.78 is 5.04. The number of carbonyl (C=O) groups is 1. The Morgan fingerprint density at radius 1 is 1.35 bits per heavy atom. The molecule has 0 bridgehead atoms. The molecule has 3 nitrogen and oxygen atoms in total. The molecule has 0 atom stereocenters. The number of esters is 1. The van der Waals surface area contributed by atoms with Gasteiger partial charge in [0.15, 0.2) is 0 Å². The third kappa shape index (κ3) is 1.54. The Kier molecular flexibility index (Phi) is 2.21. The molecule has 2 aromatic rings. The van der Waals surface area contributed by atoms with Crippen molar-refractivity contribution in [2.45, 2.75) is 26.2 Å². The Morgan fingerprint density at radius 3 is 2.94 bits per heavy atom. The lowest BCUT2D eigenvalue weighted by molar-refractivity contribution is 0.0475. The molecule has 0 aliphatic carbocycles. The number of cyclic esters (lactones) is 1. The number of hydrogen-bond donors (Lipinski definition) is 1. The zero-order valence-corrected chi connectivity index (χ0v) is 10.0. The molecule has 3 heteroatoms. The number of rotatable bonds is 1. The van der Waals surface area contributed by atoms with E-state index in [1.807, 2.05) is 0 Å². The van der Waals surface area contributed by atoms with Crippen molar-refractivity contribution in [2.24, 2.45) is 0 Å². The largest absolute Gasteiger partial charge is 0.461 e. The maximum atomic E-state index is 11.6. The standard InChI is InChI=1S/C14H15NO2/c1-8(2)9-3-4-12-11(7-9)10-5-6-17-14(16)13(10)15-12/h3-4,7-8,15H,5-6H2,1-2H3. The molecule has 3 rings (SSSR count). The third-order valence-corrected chi connectivity index (χ3v) is 3.39. The molecule has 1 aromatic carbocycles. The van der Waals surface area contributed by atoms with Gasteiger partial charge in [0.1, 0.15) is 5.69 Å². The number of hydrogen-bond acceptors (Lipinski definition) is 2. The van der Waals surface area contributed by atoms with Crippen LogP contribution < -0.4 is 0 Å². The summed E-state index contributed by atoms with van der Waals surface area (Å²) in [5, 5.41) is 1.17. The third-order valence-electron chi connectivity index (χ3n) is 3.39. The molecule has 2 heterocycles. The van der Waals surface area contributed by atoms with Crippen molar-refractivity contribution in [1.29, 1.82) is 0 Å². The fourth-order valence-electron chi connectivity index (χ4n) is 2.38. The van der Waals surface area contributed by atoms with Crippen molar-refractivity contribution in [3.05, 3.63) is 35.0 Å². The van der Waals surface area contributed by atoms with Gasteiger partial charge in [-0.15, -0.1) is 0 Å². The summed E-state index contributed by atoms with van der Waals surface area (Å²) in [6.07, 6.45) is 0.808. The van der Waals surface area contributed by atoms with Crippen LogP contribution in [0.15, 0.2) is 18.2 Å². The van der Waals surface area contributed by atoms with Crippen molar-refractivity contribution in [3.8, 4) is 0 Å². The monoisotopic (exact) mass is 229 g/mol. The summed E-state index contributed by atoms with van der Waals surface area (Å²) in [5.74, 6) is 0.272. The van der Waals surface area contributed by atoms with Crippen molar-refractivity contribution in [2.75, 3.05) is 6.61 Å². The lowest BCUT2D eigenvalue weighted by Gasteiger charge is -2.11. The number of H-pyrrole nitrogens is 1. The molecule has 0 fully saturated rings. The Balaban J connectivity index is 2.25. The van der Waals surface area contributed by atoms with Gasteiger partial charge in [0.05, 0.1) is 6.61 Å². The molecule has 0 unspecified atom stereocenters. The first-order valence-electron chi connectivity index (χ1n) is 5.98. The van der Waals surface area contributed by atoms with Crippen LogP contribution in [-0.2, 0) is 11.2 Å². The number of carbonyl (C=O) groups excluding carboxylic acids is 1. The fraction of sp³-hybridized carbons (Fsp3) is 0.357. The summed E-state index contributed by atoms with van der Waals surface area (Å²) in [6, 6.07) is 6.35. The van der Waals surface area contributed by atoms with Crippen molar-refractivity contribution in [3.63, 3.8) is 0 Å². The number of benzene rings is 1. The molecule has 17 heavy (non-hydrogen) atoms. The summed E-state index contributed by atoms with van der Waals surface area (Å²) >= 11 is 0. The molecular formula is C14H15NO2. The van der Waals surface area contributed by atoms with Crippen LogP contribution in [0.2, 0.25) is 0 Å². The van der Waals surface area contributed by atoms with Gasteiger partial charge in [0.2, 0.25) is 0 Å². The van der Waals surface area contributed by atoms with Crippen LogP contribution in [0.5, 0.6) is 0 Å². The number of fused-ring (bicyclic) bond motifs is 3. The van der Waals surface area contributed by atoms with E-state index in [-0.39, 0.29) is 5.97 Å². The summed E-state index contributed by atoms with van der Waals surface area (Å²) in [4.78, 5) is 14.8.